The van der Waals surface area contributed by atoms with Gasteiger partial charge in [0.05, 0.1) is 26.5 Å². The van der Waals surface area contributed by atoms with Crippen LogP contribution in [0.25, 0.3) is 0 Å². The molecule has 0 heterocycles. The second-order valence-corrected chi connectivity index (χ2v) is 5.36. The summed E-state index contributed by atoms with van der Waals surface area (Å²) in [6, 6.07) is 13.3. The van der Waals surface area contributed by atoms with E-state index in [2.05, 4.69) is 15.8 Å². The van der Waals surface area contributed by atoms with Crippen molar-refractivity contribution in [1.29, 1.82) is 0 Å². The Morgan fingerprint density at radius 1 is 1.16 bits per heavy atom. The van der Waals surface area contributed by atoms with Crippen LogP contribution in [-0.2, 0) is 4.79 Å². The van der Waals surface area contributed by atoms with Gasteiger partial charge in [-0.05, 0) is 49.7 Å². The maximum absolute atomic E-state index is 11.8. The van der Waals surface area contributed by atoms with Crippen molar-refractivity contribution in [3.05, 3.63) is 53.6 Å². The summed E-state index contributed by atoms with van der Waals surface area (Å²) in [6.07, 6.45) is 1.56. The molecule has 0 saturated carbocycles. The van der Waals surface area contributed by atoms with Crippen LogP contribution in [0.4, 0.5) is 5.69 Å². The summed E-state index contributed by atoms with van der Waals surface area (Å²) in [7, 11) is 1.59. The van der Waals surface area contributed by atoms with E-state index in [1.807, 2.05) is 50.2 Å². The smallest absolute Gasteiger partial charge is 0.259 e. The molecule has 0 fully saturated rings. The van der Waals surface area contributed by atoms with Gasteiger partial charge in [-0.2, -0.15) is 5.10 Å². The van der Waals surface area contributed by atoms with Crippen LogP contribution < -0.4 is 20.2 Å². The zero-order chi connectivity index (χ0) is 18.1. The third-order valence-corrected chi connectivity index (χ3v) is 3.40. The predicted octanol–water partition coefficient (Wildman–Crippen LogP) is 2.96. The van der Waals surface area contributed by atoms with Gasteiger partial charge in [-0.15, -0.1) is 0 Å². The summed E-state index contributed by atoms with van der Waals surface area (Å²) < 4.78 is 10.7. The highest BCUT2D eigenvalue weighted by molar-refractivity contribution is 5.84. The number of aryl methyl sites for hydroxylation is 1. The van der Waals surface area contributed by atoms with Crippen LogP contribution >= 0.6 is 0 Å². The minimum atomic E-state index is -0.227. The fraction of sp³-hybridized carbons (Fsp3) is 0.263. The molecule has 1 amide bonds. The van der Waals surface area contributed by atoms with E-state index in [9.17, 15) is 4.79 Å². The van der Waals surface area contributed by atoms with Crippen molar-refractivity contribution in [3.8, 4) is 11.5 Å². The lowest BCUT2D eigenvalue weighted by molar-refractivity contribution is -0.119. The first kappa shape index (κ1) is 18.3. The first-order valence-electron chi connectivity index (χ1n) is 8.05. The second-order valence-electron chi connectivity index (χ2n) is 5.36. The summed E-state index contributed by atoms with van der Waals surface area (Å²) in [6.45, 7) is 4.61. The SMILES string of the molecule is CCOc1cc(/C=N/NC(=O)CNc2ccc(C)cc2)ccc1OC. The number of ether oxygens (including phenoxy) is 2. The lowest BCUT2D eigenvalue weighted by Gasteiger charge is -2.09. The summed E-state index contributed by atoms with van der Waals surface area (Å²) in [4.78, 5) is 11.8. The van der Waals surface area contributed by atoms with E-state index in [0.717, 1.165) is 11.3 Å². The molecule has 132 valence electrons. The highest BCUT2D eigenvalue weighted by atomic mass is 16.5. The summed E-state index contributed by atoms with van der Waals surface area (Å²) in [5.74, 6) is 1.07. The molecular formula is C19H23N3O3. The number of rotatable bonds is 8. The molecule has 0 aromatic heterocycles. The first-order valence-corrected chi connectivity index (χ1v) is 8.05. The number of methoxy groups -OCH3 is 1. The number of nitrogens with zero attached hydrogens (tertiary/aromatic N) is 1. The average Bonchev–Trinajstić information content (AvgIpc) is 2.62. The Morgan fingerprint density at radius 3 is 2.60 bits per heavy atom. The molecule has 2 rings (SSSR count). The van der Waals surface area contributed by atoms with Gasteiger partial charge in [0.25, 0.3) is 5.91 Å². The largest absolute Gasteiger partial charge is 0.493 e. The van der Waals surface area contributed by atoms with Gasteiger partial charge in [0, 0.05) is 5.69 Å². The Hall–Kier alpha value is -3.02. The summed E-state index contributed by atoms with van der Waals surface area (Å²) in [5, 5.41) is 7.00. The van der Waals surface area contributed by atoms with Crippen molar-refractivity contribution in [2.24, 2.45) is 5.10 Å². The minimum Gasteiger partial charge on any atom is -0.493 e. The lowest BCUT2D eigenvalue weighted by Crippen LogP contribution is -2.25. The molecule has 0 saturated heterocycles. The van der Waals surface area contributed by atoms with E-state index >= 15 is 0 Å². The van der Waals surface area contributed by atoms with Gasteiger partial charge in [0.15, 0.2) is 11.5 Å². The van der Waals surface area contributed by atoms with Crippen molar-refractivity contribution in [1.82, 2.24) is 5.43 Å². The molecule has 0 bridgehead atoms. The molecule has 2 aromatic carbocycles. The van der Waals surface area contributed by atoms with E-state index in [-0.39, 0.29) is 12.5 Å². The molecule has 25 heavy (non-hydrogen) atoms. The second kappa shape index (κ2) is 9.32. The first-order chi connectivity index (χ1) is 12.1. The molecule has 2 aromatic rings. The normalized spacial score (nSPS) is 10.5. The van der Waals surface area contributed by atoms with Gasteiger partial charge in [-0.1, -0.05) is 17.7 Å². The monoisotopic (exact) mass is 341 g/mol. The fourth-order valence-corrected chi connectivity index (χ4v) is 2.11. The van der Waals surface area contributed by atoms with Crippen molar-refractivity contribution in [2.45, 2.75) is 13.8 Å². The number of nitrogens with one attached hydrogen (secondary N) is 2. The van der Waals surface area contributed by atoms with Crippen molar-refractivity contribution < 1.29 is 14.3 Å². The minimum absolute atomic E-state index is 0.146. The quantitative estimate of drug-likeness (QED) is 0.572. The van der Waals surface area contributed by atoms with Crippen LogP contribution in [0.1, 0.15) is 18.1 Å². The maximum atomic E-state index is 11.8. The maximum Gasteiger partial charge on any atom is 0.259 e. The zero-order valence-corrected chi connectivity index (χ0v) is 14.7. The Balaban J connectivity index is 1.86. The Bertz CT molecular complexity index is 727. The number of benzene rings is 2. The fourth-order valence-electron chi connectivity index (χ4n) is 2.11. The molecule has 0 atom stereocenters. The number of carbonyl (C=O) groups excluding carboxylic acids is 1. The van der Waals surface area contributed by atoms with Crippen molar-refractivity contribution >= 4 is 17.8 Å². The molecule has 2 N–H and O–H groups in total. The topological polar surface area (TPSA) is 72.0 Å². The third kappa shape index (κ3) is 5.84. The van der Waals surface area contributed by atoms with Crippen LogP contribution in [0.5, 0.6) is 11.5 Å². The standard InChI is InChI=1S/C19H23N3O3/c1-4-25-18-11-15(7-10-17(18)24-3)12-21-22-19(23)13-20-16-8-5-14(2)6-9-16/h5-12,20H,4,13H2,1-3H3,(H,22,23)/b21-12+. The van der Waals surface area contributed by atoms with E-state index in [4.69, 9.17) is 9.47 Å². The van der Waals surface area contributed by atoms with Gasteiger partial charge in [-0.3, -0.25) is 4.79 Å². The van der Waals surface area contributed by atoms with E-state index < -0.39 is 0 Å². The number of hydrogen-bond donors (Lipinski definition) is 2. The van der Waals surface area contributed by atoms with Gasteiger partial charge in [0.2, 0.25) is 0 Å². The predicted molar refractivity (Wildman–Crippen MR) is 99.6 cm³/mol. The van der Waals surface area contributed by atoms with Crippen LogP contribution in [0.15, 0.2) is 47.6 Å². The molecule has 0 aliphatic rings. The molecule has 0 aliphatic carbocycles. The number of hydrazone groups is 1. The Morgan fingerprint density at radius 2 is 1.92 bits per heavy atom. The molecule has 0 aliphatic heterocycles. The van der Waals surface area contributed by atoms with Crippen LogP contribution in [0, 0.1) is 6.92 Å². The van der Waals surface area contributed by atoms with Crippen LogP contribution in [0.3, 0.4) is 0 Å². The number of hydrogen-bond acceptors (Lipinski definition) is 5. The highest BCUT2D eigenvalue weighted by Crippen LogP contribution is 2.27. The van der Waals surface area contributed by atoms with Crippen molar-refractivity contribution in [2.75, 3.05) is 25.6 Å². The molecule has 6 heteroatoms. The summed E-state index contributed by atoms with van der Waals surface area (Å²) >= 11 is 0. The highest BCUT2D eigenvalue weighted by Gasteiger charge is 2.04. The van der Waals surface area contributed by atoms with E-state index in [1.165, 1.54) is 5.56 Å². The zero-order valence-electron chi connectivity index (χ0n) is 14.7. The molecule has 0 radical (unpaired) electrons. The summed E-state index contributed by atoms with van der Waals surface area (Å²) in [5.41, 5.74) is 5.35. The average molecular weight is 341 g/mol. The van der Waals surface area contributed by atoms with E-state index in [0.29, 0.717) is 18.1 Å². The third-order valence-electron chi connectivity index (χ3n) is 3.40. The molecule has 0 spiro atoms. The van der Waals surface area contributed by atoms with E-state index in [1.54, 1.807) is 19.4 Å². The number of anilines is 1. The molecule has 0 unspecified atom stereocenters. The van der Waals surface area contributed by atoms with Gasteiger partial charge in [0.1, 0.15) is 0 Å². The Labute approximate surface area is 147 Å². The number of amides is 1. The lowest BCUT2D eigenvalue weighted by atomic mass is 10.2. The van der Waals surface area contributed by atoms with Gasteiger partial charge < -0.3 is 14.8 Å². The van der Waals surface area contributed by atoms with Crippen LogP contribution in [0.2, 0.25) is 0 Å². The molecule has 6 nitrogen and oxygen atoms in total. The van der Waals surface area contributed by atoms with Gasteiger partial charge in [-0.25, -0.2) is 5.43 Å². The van der Waals surface area contributed by atoms with Gasteiger partial charge >= 0.3 is 0 Å². The molecular weight excluding hydrogens is 318 g/mol. The number of carbonyl (C=O) groups is 1. The van der Waals surface area contributed by atoms with Crippen molar-refractivity contribution in [3.63, 3.8) is 0 Å². The van der Waals surface area contributed by atoms with Crippen LogP contribution in [-0.4, -0.2) is 32.4 Å². The Kier molecular flexibility index (Phi) is 6.83.